The molecule has 0 atom stereocenters. The molecule has 4 nitrogen and oxygen atoms in total. The molecule has 1 aliphatic carbocycles. The minimum absolute atomic E-state index is 0. The van der Waals surface area contributed by atoms with E-state index in [0.29, 0.717) is 24.7 Å². The van der Waals surface area contributed by atoms with Gasteiger partial charge < -0.3 is 22.1 Å². The fourth-order valence-corrected chi connectivity index (χ4v) is 2.47. The first-order valence-corrected chi connectivity index (χ1v) is 5.48. The van der Waals surface area contributed by atoms with Gasteiger partial charge in [0.2, 0.25) is 0 Å². The van der Waals surface area contributed by atoms with Crippen molar-refractivity contribution in [3.63, 3.8) is 0 Å². The molecule has 1 aliphatic heterocycles. The molecule has 0 aromatic carbocycles. The third-order valence-electron chi connectivity index (χ3n) is 3.00. The maximum Gasteiger partial charge on any atom is 1.00 e. The van der Waals surface area contributed by atoms with Crippen molar-refractivity contribution in [3.8, 4) is 0 Å². The molecule has 0 saturated carbocycles. The number of fused-ring (bicyclic) bond motifs is 1. The van der Waals surface area contributed by atoms with E-state index in [-0.39, 0.29) is 51.4 Å². The summed E-state index contributed by atoms with van der Waals surface area (Å²) in [4.78, 5) is 8.29. The van der Waals surface area contributed by atoms with Crippen LogP contribution in [0.5, 0.6) is 0 Å². The summed E-state index contributed by atoms with van der Waals surface area (Å²) in [5.74, 6) is -0.439. The summed E-state index contributed by atoms with van der Waals surface area (Å²) in [6, 6.07) is 0. The molecule has 0 unspecified atom stereocenters. The van der Waals surface area contributed by atoms with Gasteiger partial charge in [-0.05, 0) is 12.0 Å². The molecule has 3 rings (SSSR count). The normalized spacial score (nSPS) is 21.5. The first-order valence-electron chi connectivity index (χ1n) is 5.07. The number of hydrogen-bond donors (Lipinski definition) is 0. The Morgan fingerprint density at radius 2 is 2.00 bits per heavy atom. The summed E-state index contributed by atoms with van der Waals surface area (Å²) in [6.07, 6.45) is 3.96. The van der Waals surface area contributed by atoms with Crippen molar-refractivity contribution < 1.29 is 60.9 Å². The van der Waals surface area contributed by atoms with Crippen molar-refractivity contribution in [2.45, 2.75) is 30.1 Å². The molecule has 1 spiro atoms. The Morgan fingerprint density at radius 1 is 1.25 bits per heavy atom. The quantitative estimate of drug-likeness (QED) is 0.297. The zero-order chi connectivity index (χ0) is 10.3. The molecule has 0 amide bonds. The van der Waals surface area contributed by atoms with Crippen molar-refractivity contribution >= 4 is 12.6 Å². The second-order valence-corrected chi connectivity index (χ2v) is 4.28. The van der Waals surface area contributed by atoms with E-state index in [1.165, 1.54) is 6.33 Å². The van der Waals surface area contributed by atoms with Gasteiger partial charge in [-0.25, -0.2) is 4.98 Å². The Balaban J connectivity index is 0.000000963. The molecule has 1 aromatic rings. The number of rotatable bonds is 0. The third kappa shape index (κ3) is 2.35. The first kappa shape index (κ1) is 13.3. The maximum atomic E-state index is 5.67. The van der Waals surface area contributed by atoms with Crippen LogP contribution >= 0.6 is 0 Å². The van der Waals surface area contributed by atoms with Crippen LogP contribution in [0.2, 0.25) is 0 Å². The standard InChI is InChI=1S/C10H12N2O2S.K/c15-9-7-5-10(13-3-4-14-10)2-1-8(7)11-6-12-9;/h6H,1-5H2,(H,11,12,15);/q;+1/p-1. The predicted octanol–water partition coefficient (Wildman–Crippen LogP) is -2.38. The smallest absolute Gasteiger partial charge is 0.760 e. The molecular formula is C10H11KN2O2S. The topological polar surface area (TPSA) is 44.2 Å². The van der Waals surface area contributed by atoms with E-state index in [0.717, 1.165) is 24.1 Å². The number of nitrogens with zero attached hydrogens (tertiary/aromatic N) is 2. The number of aryl methyl sites for hydroxylation is 1. The largest absolute Gasteiger partial charge is 1.00 e. The van der Waals surface area contributed by atoms with Crippen molar-refractivity contribution in [1.82, 2.24) is 9.97 Å². The van der Waals surface area contributed by atoms with Gasteiger partial charge in [-0.2, -0.15) is 0 Å². The van der Waals surface area contributed by atoms with Crippen molar-refractivity contribution in [3.05, 3.63) is 17.6 Å². The zero-order valence-electron chi connectivity index (χ0n) is 9.23. The summed E-state index contributed by atoms with van der Waals surface area (Å²) in [7, 11) is 0. The first-order chi connectivity index (χ1) is 7.29. The Morgan fingerprint density at radius 3 is 2.75 bits per heavy atom. The molecule has 80 valence electrons. The second-order valence-electron chi connectivity index (χ2n) is 3.89. The second kappa shape index (κ2) is 5.23. The summed E-state index contributed by atoms with van der Waals surface area (Å²) in [5, 5.41) is 0.637. The summed E-state index contributed by atoms with van der Waals surface area (Å²) in [6.45, 7) is 1.35. The van der Waals surface area contributed by atoms with Crippen LogP contribution in [0.15, 0.2) is 11.4 Å². The van der Waals surface area contributed by atoms with E-state index in [9.17, 15) is 0 Å². The van der Waals surface area contributed by atoms with Crippen LogP contribution in [-0.4, -0.2) is 29.0 Å². The number of aromatic nitrogens is 2. The van der Waals surface area contributed by atoms with Gasteiger partial charge in [0, 0.05) is 18.5 Å². The van der Waals surface area contributed by atoms with Gasteiger partial charge in [-0.1, -0.05) is 5.03 Å². The molecule has 0 bridgehead atoms. The van der Waals surface area contributed by atoms with Gasteiger partial charge >= 0.3 is 51.4 Å². The van der Waals surface area contributed by atoms with Crippen LogP contribution in [0, 0.1) is 0 Å². The Hall–Kier alpha value is 0.856. The van der Waals surface area contributed by atoms with Gasteiger partial charge in [0.25, 0.3) is 0 Å². The maximum absolute atomic E-state index is 5.67. The SMILES string of the molecule is [K+].[S-]c1ncnc2c1CC1(CC2)OCCO1. The average molecular weight is 262 g/mol. The Labute approximate surface area is 142 Å². The third-order valence-corrected chi connectivity index (χ3v) is 3.35. The van der Waals surface area contributed by atoms with Crippen LogP contribution in [0.4, 0.5) is 0 Å². The van der Waals surface area contributed by atoms with Crippen LogP contribution in [-0.2, 0) is 34.9 Å². The van der Waals surface area contributed by atoms with E-state index < -0.39 is 5.79 Å². The molecule has 0 radical (unpaired) electrons. The van der Waals surface area contributed by atoms with Crippen LogP contribution in [0.3, 0.4) is 0 Å². The molecule has 1 aromatic heterocycles. The van der Waals surface area contributed by atoms with Gasteiger partial charge in [0.1, 0.15) is 6.33 Å². The van der Waals surface area contributed by atoms with Crippen molar-refractivity contribution in [2.24, 2.45) is 0 Å². The summed E-state index contributed by atoms with van der Waals surface area (Å²) in [5.41, 5.74) is 2.08. The number of ether oxygens (including phenoxy) is 2. The molecule has 2 heterocycles. The Kier molecular flexibility index (Phi) is 4.35. The minimum Gasteiger partial charge on any atom is -0.760 e. The van der Waals surface area contributed by atoms with Crippen molar-refractivity contribution in [2.75, 3.05) is 13.2 Å². The zero-order valence-corrected chi connectivity index (χ0v) is 13.2. The van der Waals surface area contributed by atoms with E-state index in [1.54, 1.807) is 0 Å². The molecule has 0 N–H and O–H groups in total. The fourth-order valence-electron chi connectivity index (χ4n) is 2.23. The summed E-state index contributed by atoms with van der Waals surface area (Å²) >= 11 is 5.20. The van der Waals surface area contributed by atoms with Gasteiger partial charge in [0.05, 0.1) is 13.2 Å². The van der Waals surface area contributed by atoms with Crippen LogP contribution < -0.4 is 51.4 Å². The molecule has 2 aliphatic rings. The van der Waals surface area contributed by atoms with E-state index in [2.05, 4.69) is 9.97 Å². The molecular weight excluding hydrogens is 251 g/mol. The van der Waals surface area contributed by atoms with Crippen LogP contribution in [0.25, 0.3) is 0 Å². The average Bonchev–Trinajstić information content (AvgIpc) is 2.68. The predicted molar refractivity (Wildman–Crippen MR) is 54.3 cm³/mol. The van der Waals surface area contributed by atoms with Crippen molar-refractivity contribution in [1.29, 1.82) is 0 Å². The van der Waals surface area contributed by atoms with Crippen LogP contribution in [0.1, 0.15) is 17.7 Å². The Bertz CT molecular complexity index is 396. The van der Waals surface area contributed by atoms with E-state index >= 15 is 0 Å². The molecule has 1 saturated heterocycles. The van der Waals surface area contributed by atoms with Gasteiger partial charge in [-0.3, -0.25) is 4.98 Å². The number of hydrogen-bond acceptors (Lipinski definition) is 5. The fraction of sp³-hybridized carbons (Fsp3) is 0.600. The van der Waals surface area contributed by atoms with E-state index in [1.807, 2.05) is 0 Å². The molecule has 6 heteroatoms. The molecule has 1 fully saturated rings. The summed E-state index contributed by atoms with van der Waals surface area (Å²) < 4.78 is 11.3. The van der Waals surface area contributed by atoms with Gasteiger partial charge in [0.15, 0.2) is 5.79 Å². The monoisotopic (exact) mass is 262 g/mol. The van der Waals surface area contributed by atoms with Gasteiger partial charge in [-0.15, -0.1) is 0 Å². The molecule has 16 heavy (non-hydrogen) atoms. The minimum atomic E-state index is -0.439. The van der Waals surface area contributed by atoms with E-state index in [4.69, 9.17) is 22.1 Å².